The topological polar surface area (TPSA) is 108 Å². The summed E-state index contributed by atoms with van der Waals surface area (Å²) in [6.07, 6.45) is 0.00143. The molecule has 2 aliphatic rings. The van der Waals surface area contributed by atoms with Crippen molar-refractivity contribution in [1.82, 2.24) is 10.2 Å². The molecule has 0 unspecified atom stereocenters. The number of amides is 3. The molecule has 1 aliphatic carbocycles. The van der Waals surface area contributed by atoms with Crippen molar-refractivity contribution in [2.75, 3.05) is 6.54 Å². The molecule has 2 aromatic rings. The summed E-state index contributed by atoms with van der Waals surface area (Å²) < 4.78 is 39.3. The minimum Gasteiger partial charge on any atom is -0.352 e. The molecule has 1 atom stereocenters. The van der Waals surface area contributed by atoms with Gasteiger partial charge in [-0.3, -0.25) is 19.4 Å². The fourth-order valence-corrected chi connectivity index (χ4v) is 5.38. The molecule has 2 aromatic carbocycles. The van der Waals surface area contributed by atoms with Gasteiger partial charge in [0.15, 0.2) is 0 Å². The van der Waals surface area contributed by atoms with E-state index in [2.05, 4.69) is 10.5 Å². The number of hydrogen-bond donors (Lipinski definition) is 1. The van der Waals surface area contributed by atoms with Crippen molar-refractivity contribution in [2.24, 2.45) is 10.2 Å². The van der Waals surface area contributed by atoms with Crippen LogP contribution in [-0.2, 0) is 15.8 Å². The van der Waals surface area contributed by atoms with Gasteiger partial charge < -0.3 is 10.2 Å². The lowest BCUT2D eigenvalue weighted by Crippen LogP contribution is -2.49. The van der Waals surface area contributed by atoms with Crippen LogP contribution < -0.4 is 5.32 Å². The molecule has 8 nitrogen and oxygen atoms in total. The maximum atomic E-state index is 13.9. The Bertz CT molecular complexity index is 1270. The molecule has 4 rings (SSSR count). The fourth-order valence-electron chi connectivity index (χ4n) is 5.38. The predicted molar refractivity (Wildman–Crippen MR) is 138 cm³/mol. The van der Waals surface area contributed by atoms with Gasteiger partial charge in [0, 0.05) is 29.3 Å². The molecule has 0 saturated heterocycles. The maximum absolute atomic E-state index is 13.9. The van der Waals surface area contributed by atoms with Crippen molar-refractivity contribution >= 4 is 23.4 Å². The molecule has 206 valence electrons. The number of nitrogens with zero attached hydrogens (tertiary/aromatic N) is 3. The summed E-state index contributed by atoms with van der Waals surface area (Å²) in [7, 11) is 0. The molecule has 1 fully saturated rings. The molecule has 39 heavy (non-hydrogen) atoms. The monoisotopic (exact) mass is 542 g/mol. The van der Waals surface area contributed by atoms with Gasteiger partial charge in [-0.2, -0.15) is 13.2 Å². The highest BCUT2D eigenvalue weighted by atomic mass is 19.4. The summed E-state index contributed by atoms with van der Waals surface area (Å²) in [6.45, 7) is 1.93. The number of carbonyl (C=O) groups is 3. The number of benzene rings is 2. The number of rotatable bonds is 8. The number of alkyl halides is 3. The maximum Gasteiger partial charge on any atom is 0.416 e. The Balaban J connectivity index is 1.59. The van der Waals surface area contributed by atoms with E-state index >= 15 is 0 Å². The lowest BCUT2D eigenvalue weighted by atomic mass is 9.86. The Kier molecular flexibility index (Phi) is 8.27. The highest BCUT2D eigenvalue weighted by molar-refractivity contribution is 6.46. The summed E-state index contributed by atoms with van der Waals surface area (Å²) in [5, 5.41) is 4.85. The largest absolute Gasteiger partial charge is 0.416 e. The van der Waals surface area contributed by atoms with E-state index in [0.717, 1.165) is 37.0 Å². The van der Waals surface area contributed by atoms with E-state index in [-0.39, 0.29) is 30.6 Å². The highest BCUT2D eigenvalue weighted by Gasteiger charge is 2.50. The number of nitroso groups, excluding NO2 is 1. The molecule has 0 radical (unpaired) electrons. The van der Waals surface area contributed by atoms with Crippen molar-refractivity contribution in [3.05, 3.63) is 75.7 Å². The zero-order valence-corrected chi connectivity index (χ0v) is 21.5. The van der Waals surface area contributed by atoms with Gasteiger partial charge in [0.1, 0.15) is 11.4 Å². The van der Waals surface area contributed by atoms with Crippen LogP contribution >= 0.6 is 0 Å². The lowest BCUT2D eigenvalue weighted by Gasteiger charge is -2.43. The zero-order chi connectivity index (χ0) is 28.2. The Morgan fingerprint density at radius 2 is 1.69 bits per heavy atom. The Morgan fingerprint density at radius 3 is 2.26 bits per heavy atom. The molecule has 11 heteroatoms. The van der Waals surface area contributed by atoms with E-state index < -0.39 is 29.2 Å². The number of halogens is 3. The molecular weight excluding hydrogens is 513 g/mol. The van der Waals surface area contributed by atoms with Gasteiger partial charge in [-0.25, -0.2) is 0 Å². The third-order valence-corrected chi connectivity index (χ3v) is 7.31. The summed E-state index contributed by atoms with van der Waals surface area (Å²) in [5.41, 5.74) is 0.107. The molecular formula is C28H29F3N4O4. The first kappa shape index (κ1) is 28.1. The van der Waals surface area contributed by atoms with Crippen LogP contribution in [0.3, 0.4) is 0 Å². The van der Waals surface area contributed by atoms with Crippen molar-refractivity contribution in [3.8, 4) is 0 Å². The van der Waals surface area contributed by atoms with Gasteiger partial charge in [-0.1, -0.05) is 37.6 Å². The van der Waals surface area contributed by atoms with Crippen LogP contribution in [0.2, 0.25) is 0 Å². The number of aliphatic imine (C=N–C) groups is 1. The van der Waals surface area contributed by atoms with Gasteiger partial charge in [0.25, 0.3) is 17.7 Å². The van der Waals surface area contributed by atoms with Crippen LogP contribution in [-0.4, -0.2) is 40.5 Å². The van der Waals surface area contributed by atoms with Crippen LogP contribution in [0.1, 0.15) is 85.0 Å². The molecule has 1 saturated carbocycles. The predicted octanol–water partition coefficient (Wildman–Crippen LogP) is 5.56. The van der Waals surface area contributed by atoms with Gasteiger partial charge in [-0.15, -0.1) is 4.91 Å². The number of hydrogen-bond acceptors (Lipinski definition) is 5. The van der Waals surface area contributed by atoms with Crippen LogP contribution in [0.15, 0.2) is 58.7 Å². The van der Waals surface area contributed by atoms with Crippen LogP contribution in [0.25, 0.3) is 0 Å². The second-order valence-corrected chi connectivity index (χ2v) is 9.79. The van der Waals surface area contributed by atoms with Crippen molar-refractivity contribution in [3.63, 3.8) is 0 Å². The van der Waals surface area contributed by atoms with Crippen LogP contribution in [0, 0.1) is 4.91 Å². The normalized spacial score (nSPS) is 17.6. The third-order valence-electron chi connectivity index (χ3n) is 7.31. The molecule has 1 heterocycles. The minimum absolute atomic E-state index is 0.0163. The lowest BCUT2D eigenvalue weighted by molar-refractivity contribution is -0.137. The number of carbonyl (C=O) groups excluding carboxylic acids is 3. The zero-order valence-electron chi connectivity index (χ0n) is 21.5. The van der Waals surface area contributed by atoms with E-state index in [1.807, 2.05) is 6.92 Å². The van der Waals surface area contributed by atoms with E-state index in [1.165, 1.54) is 12.1 Å². The van der Waals surface area contributed by atoms with Crippen LogP contribution in [0.4, 0.5) is 13.2 Å². The summed E-state index contributed by atoms with van der Waals surface area (Å²) in [4.78, 5) is 54.1. The molecule has 1 N–H and O–H groups in total. The molecule has 0 aromatic heterocycles. The van der Waals surface area contributed by atoms with Crippen molar-refractivity contribution < 1.29 is 27.6 Å². The summed E-state index contributed by atoms with van der Waals surface area (Å²) in [5.74, 6) is -1.58. The molecule has 1 spiro atoms. The van der Waals surface area contributed by atoms with E-state index in [9.17, 15) is 32.5 Å². The fraction of sp³-hybridized carbons (Fsp3) is 0.429. The van der Waals surface area contributed by atoms with Gasteiger partial charge in [0.2, 0.25) is 0 Å². The Morgan fingerprint density at radius 1 is 1.05 bits per heavy atom. The molecule has 1 aliphatic heterocycles. The summed E-state index contributed by atoms with van der Waals surface area (Å²) in [6, 6.07) is 10.9. The van der Waals surface area contributed by atoms with Crippen LogP contribution in [0.5, 0.6) is 0 Å². The summed E-state index contributed by atoms with van der Waals surface area (Å²) >= 11 is 0. The Labute approximate surface area is 223 Å². The van der Waals surface area contributed by atoms with Gasteiger partial charge in [-0.05, 0) is 61.9 Å². The van der Waals surface area contributed by atoms with Crippen molar-refractivity contribution in [2.45, 2.75) is 69.8 Å². The first-order valence-corrected chi connectivity index (χ1v) is 12.9. The SMILES string of the molecule is CC[C@H](c1ccc(C(=O)NCCC(=O)N=O)cc1)N1C(=O)C(c2ccc(C(F)(F)F)cc2)=NC12CCCCC2. The quantitative estimate of drug-likeness (QED) is 0.441. The molecule has 0 bridgehead atoms. The highest BCUT2D eigenvalue weighted by Crippen LogP contribution is 2.45. The Hall–Kier alpha value is -3.89. The molecule has 3 amide bonds. The van der Waals surface area contributed by atoms with Gasteiger partial charge >= 0.3 is 6.18 Å². The smallest absolute Gasteiger partial charge is 0.352 e. The number of nitrogens with one attached hydrogen (secondary N) is 1. The van der Waals surface area contributed by atoms with E-state index in [1.54, 1.807) is 29.2 Å². The second-order valence-electron chi connectivity index (χ2n) is 9.79. The average molecular weight is 543 g/mol. The van der Waals surface area contributed by atoms with E-state index in [4.69, 9.17) is 4.99 Å². The van der Waals surface area contributed by atoms with Gasteiger partial charge in [0.05, 0.1) is 11.6 Å². The third kappa shape index (κ3) is 5.91. The average Bonchev–Trinajstić information content (AvgIpc) is 3.20. The first-order valence-electron chi connectivity index (χ1n) is 12.9. The van der Waals surface area contributed by atoms with E-state index in [0.29, 0.717) is 30.4 Å². The van der Waals surface area contributed by atoms with Crippen molar-refractivity contribution in [1.29, 1.82) is 0 Å². The minimum atomic E-state index is -4.48. The first-order chi connectivity index (χ1) is 18.6. The standard InChI is InChI=1S/C28H29F3N4O4/c1-2-22(18-6-8-20(9-7-18)25(37)32-17-14-23(36)34-39)35-26(38)24(33-27(35)15-4-3-5-16-27)19-10-12-21(13-11-19)28(29,30)31/h6-13,22H,2-5,14-17H2,1H3,(H,32,37)/t22-/m1/s1. The second kappa shape index (κ2) is 11.5.